The second kappa shape index (κ2) is 9.35. The third kappa shape index (κ3) is 5.41. The van der Waals surface area contributed by atoms with Crippen molar-refractivity contribution in [2.75, 3.05) is 32.0 Å². The van der Waals surface area contributed by atoms with E-state index < -0.39 is 0 Å². The average Bonchev–Trinajstić information content (AvgIpc) is 2.61. The van der Waals surface area contributed by atoms with E-state index in [0.717, 1.165) is 68.0 Å². The molecule has 0 spiro atoms. The van der Waals surface area contributed by atoms with Gasteiger partial charge in [0.2, 0.25) is 0 Å². The smallest absolute Gasteiger partial charge is 0.254 e. The lowest BCUT2D eigenvalue weighted by molar-refractivity contribution is 0.0697. The second-order valence-electron chi connectivity index (χ2n) is 6.77. The first kappa shape index (κ1) is 19.2. The predicted molar refractivity (Wildman–Crippen MR) is 105 cm³/mol. The van der Waals surface area contributed by atoms with E-state index >= 15 is 0 Å². The van der Waals surface area contributed by atoms with E-state index in [-0.39, 0.29) is 11.9 Å². The highest BCUT2D eigenvalue weighted by atomic mass is 16.2. The van der Waals surface area contributed by atoms with Crippen LogP contribution in [0.25, 0.3) is 0 Å². The Hall–Kier alpha value is -2.17. The van der Waals surface area contributed by atoms with Crippen LogP contribution in [-0.2, 0) is 0 Å². The van der Waals surface area contributed by atoms with E-state index in [0.29, 0.717) is 0 Å². The molecule has 5 heteroatoms. The van der Waals surface area contributed by atoms with Gasteiger partial charge in [0.25, 0.3) is 5.91 Å². The van der Waals surface area contributed by atoms with E-state index in [4.69, 9.17) is 0 Å². The van der Waals surface area contributed by atoms with Crippen LogP contribution >= 0.6 is 0 Å². The average molecular weight is 345 g/mol. The van der Waals surface area contributed by atoms with Gasteiger partial charge >= 0.3 is 0 Å². The number of hydrogen-bond donors (Lipinski definition) is 3. The summed E-state index contributed by atoms with van der Waals surface area (Å²) in [6.45, 7) is 10.7. The fraction of sp³-hybridized carbons (Fsp3) is 0.550. The summed E-state index contributed by atoms with van der Waals surface area (Å²) < 4.78 is 0. The Morgan fingerprint density at radius 3 is 2.88 bits per heavy atom. The zero-order chi connectivity index (χ0) is 18.2. The monoisotopic (exact) mass is 344 g/mol. The number of benzene rings is 1. The normalized spacial score (nSPS) is 17.1. The first-order valence-electron chi connectivity index (χ1n) is 9.32. The molecular weight excluding hydrogens is 312 g/mol. The van der Waals surface area contributed by atoms with Crippen LogP contribution in [0.5, 0.6) is 0 Å². The minimum absolute atomic E-state index is 0.121. The second-order valence-corrected chi connectivity index (χ2v) is 6.77. The molecule has 0 aliphatic carbocycles. The zero-order valence-electron chi connectivity index (χ0n) is 15.8. The lowest BCUT2D eigenvalue weighted by Crippen LogP contribution is -2.49. The Kier molecular flexibility index (Phi) is 7.16. The molecule has 1 aliphatic heterocycles. The lowest BCUT2D eigenvalue weighted by atomic mass is 10.0. The number of carbonyl (C=O) groups is 1. The molecule has 0 aromatic heterocycles. The highest BCUT2D eigenvalue weighted by molar-refractivity contribution is 5.96. The number of likely N-dealkylation sites (tertiary alicyclic amines) is 1. The maximum Gasteiger partial charge on any atom is 0.254 e. The molecule has 1 heterocycles. The number of nitrogens with one attached hydrogen (secondary N) is 3. The van der Waals surface area contributed by atoms with Crippen molar-refractivity contribution in [1.82, 2.24) is 15.5 Å². The van der Waals surface area contributed by atoms with Crippen molar-refractivity contribution in [2.45, 2.75) is 45.6 Å². The Morgan fingerprint density at radius 1 is 1.40 bits per heavy atom. The minimum atomic E-state index is 0.121. The number of nitrogens with zero attached hydrogens (tertiary/aromatic N) is 1. The van der Waals surface area contributed by atoms with Crippen molar-refractivity contribution in [3.8, 4) is 0 Å². The molecule has 3 N–H and O–H groups in total. The van der Waals surface area contributed by atoms with E-state index in [1.807, 2.05) is 37.1 Å². The maximum absolute atomic E-state index is 12.9. The summed E-state index contributed by atoms with van der Waals surface area (Å²) in [7, 11) is 1.89. The number of piperidine rings is 1. The number of amides is 1. The Morgan fingerprint density at radius 2 is 2.20 bits per heavy atom. The van der Waals surface area contributed by atoms with Crippen LogP contribution in [0.4, 0.5) is 5.69 Å². The summed E-state index contributed by atoms with van der Waals surface area (Å²) in [5, 5.41) is 9.86. The number of hydrogen-bond acceptors (Lipinski definition) is 4. The Labute approximate surface area is 151 Å². The molecule has 1 aromatic rings. The number of rotatable bonds is 8. The molecule has 5 nitrogen and oxygen atoms in total. The fourth-order valence-electron chi connectivity index (χ4n) is 3.22. The van der Waals surface area contributed by atoms with Gasteiger partial charge in [-0.2, -0.15) is 0 Å². The SMILES string of the molecule is C=C(NCCCC)NC1CCCN(C(=O)c2ccc(NC)cc2C)C1. The van der Waals surface area contributed by atoms with E-state index in [9.17, 15) is 4.79 Å². The van der Waals surface area contributed by atoms with Gasteiger partial charge in [-0.05, 0) is 49.9 Å². The van der Waals surface area contributed by atoms with Crippen molar-refractivity contribution in [1.29, 1.82) is 0 Å². The highest BCUT2D eigenvalue weighted by Crippen LogP contribution is 2.19. The largest absolute Gasteiger partial charge is 0.388 e. The molecule has 1 fully saturated rings. The number of carbonyl (C=O) groups excluding carboxylic acids is 1. The molecule has 0 saturated carbocycles. The third-order valence-corrected chi connectivity index (χ3v) is 4.70. The molecule has 0 radical (unpaired) electrons. The summed E-state index contributed by atoms with van der Waals surface area (Å²) in [6.07, 6.45) is 4.38. The van der Waals surface area contributed by atoms with E-state index in [2.05, 4.69) is 29.5 Å². The van der Waals surface area contributed by atoms with Gasteiger partial charge in [0.15, 0.2) is 0 Å². The molecule has 138 valence electrons. The van der Waals surface area contributed by atoms with Crippen LogP contribution in [0.3, 0.4) is 0 Å². The predicted octanol–water partition coefficient (Wildman–Crippen LogP) is 3.09. The van der Waals surface area contributed by atoms with Gasteiger partial charge in [0, 0.05) is 44.0 Å². The first-order valence-corrected chi connectivity index (χ1v) is 9.32. The van der Waals surface area contributed by atoms with Crippen molar-refractivity contribution in [3.05, 3.63) is 41.7 Å². The van der Waals surface area contributed by atoms with Crippen molar-refractivity contribution < 1.29 is 4.79 Å². The Bertz CT molecular complexity index is 599. The number of anilines is 1. The molecule has 1 saturated heterocycles. The maximum atomic E-state index is 12.9. The quantitative estimate of drug-likeness (QED) is 0.634. The first-order chi connectivity index (χ1) is 12.0. The summed E-state index contributed by atoms with van der Waals surface area (Å²) in [4.78, 5) is 14.9. The fourth-order valence-corrected chi connectivity index (χ4v) is 3.22. The highest BCUT2D eigenvalue weighted by Gasteiger charge is 2.25. The van der Waals surface area contributed by atoms with Crippen LogP contribution in [0.15, 0.2) is 30.6 Å². The van der Waals surface area contributed by atoms with Gasteiger partial charge in [0.05, 0.1) is 5.82 Å². The van der Waals surface area contributed by atoms with Gasteiger partial charge < -0.3 is 20.9 Å². The van der Waals surface area contributed by atoms with E-state index in [1.165, 1.54) is 0 Å². The lowest BCUT2D eigenvalue weighted by Gasteiger charge is -2.34. The molecule has 1 atom stereocenters. The van der Waals surface area contributed by atoms with Gasteiger partial charge in [-0.1, -0.05) is 19.9 Å². The number of aryl methyl sites for hydroxylation is 1. The molecule has 2 rings (SSSR count). The molecule has 25 heavy (non-hydrogen) atoms. The van der Waals surface area contributed by atoms with Crippen LogP contribution in [-0.4, -0.2) is 43.5 Å². The van der Waals surface area contributed by atoms with Gasteiger partial charge in [-0.15, -0.1) is 0 Å². The molecular formula is C20H32N4O. The van der Waals surface area contributed by atoms with Crippen LogP contribution in [0, 0.1) is 6.92 Å². The summed E-state index contributed by atoms with van der Waals surface area (Å²) in [6, 6.07) is 6.16. The van der Waals surface area contributed by atoms with Crippen LogP contribution < -0.4 is 16.0 Å². The molecule has 1 aromatic carbocycles. The summed E-state index contributed by atoms with van der Waals surface area (Å²) in [5.41, 5.74) is 2.83. The topological polar surface area (TPSA) is 56.4 Å². The third-order valence-electron chi connectivity index (χ3n) is 4.70. The van der Waals surface area contributed by atoms with Gasteiger partial charge in [-0.25, -0.2) is 0 Å². The minimum Gasteiger partial charge on any atom is -0.388 e. The number of unbranched alkanes of at least 4 members (excludes halogenated alkanes) is 1. The summed E-state index contributed by atoms with van der Waals surface area (Å²) >= 11 is 0. The van der Waals surface area contributed by atoms with Crippen molar-refractivity contribution >= 4 is 11.6 Å². The molecule has 1 unspecified atom stereocenters. The summed E-state index contributed by atoms with van der Waals surface area (Å²) in [5.74, 6) is 0.985. The molecule has 1 amide bonds. The van der Waals surface area contributed by atoms with Crippen LogP contribution in [0.2, 0.25) is 0 Å². The van der Waals surface area contributed by atoms with Crippen LogP contribution in [0.1, 0.15) is 48.5 Å². The standard InChI is InChI=1S/C20H32N4O/c1-5-6-11-22-16(3)23-18-8-7-12-24(14-18)20(25)19-10-9-17(21-4)13-15(19)2/h9-10,13,18,21-23H,3,5-8,11-12,14H2,1-2,4H3. The van der Waals surface area contributed by atoms with Gasteiger partial charge in [0.1, 0.15) is 0 Å². The van der Waals surface area contributed by atoms with Crippen molar-refractivity contribution in [3.63, 3.8) is 0 Å². The Balaban J connectivity index is 1.93. The zero-order valence-corrected chi connectivity index (χ0v) is 15.8. The molecule has 1 aliphatic rings. The van der Waals surface area contributed by atoms with Crippen molar-refractivity contribution in [2.24, 2.45) is 0 Å². The molecule has 0 bridgehead atoms. The van der Waals surface area contributed by atoms with Gasteiger partial charge in [-0.3, -0.25) is 4.79 Å². The van der Waals surface area contributed by atoms with E-state index in [1.54, 1.807) is 0 Å².